The van der Waals surface area contributed by atoms with Gasteiger partial charge in [-0.05, 0) is 36.8 Å². The molecule has 24 heavy (non-hydrogen) atoms. The summed E-state index contributed by atoms with van der Waals surface area (Å²) in [6.07, 6.45) is 1.79. The first-order valence-electron chi connectivity index (χ1n) is 7.62. The van der Waals surface area contributed by atoms with Crippen LogP contribution in [-0.2, 0) is 0 Å². The Labute approximate surface area is 145 Å². The molecule has 0 bridgehead atoms. The summed E-state index contributed by atoms with van der Waals surface area (Å²) in [6, 6.07) is 17.2. The molecule has 1 N–H and O–H groups in total. The number of nitrogens with zero attached hydrogens (tertiary/aromatic N) is 1. The van der Waals surface area contributed by atoms with Crippen LogP contribution in [0.1, 0.15) is 17.3 Å². The van der Waals surface area contributed by atoms with Crippen LogP contribution in [0.2, 0.25) is 0 Å². The maximum absolute atomic E-state index is 12.5. The molecule has 5 heteroatoms. The van der Waals surface area contributed by atoms with Gasteiger partial charge in [0.15, 0.2) is 10.9 Å². The van der Waals surface area contributed by atoms with Crippen LogP contribution >= 0.6 is 11.8 Å². The van der Waals surface area contributed by atoms with Crippen molar-refractivity contribution in [2.45, 2.75) is 17.3 Å². The van der Waals surface area contributed by atoms with Gasteiger partial charge in [0.1, 0.15) is 5.75 Å². The number of benzene rings is 2. The van der Waals surface area contributed by atoms with Gasteiger partial charge in [-0.15, -0.1) is 0 Å². The molecule has 0 aliphatic carbocycles. The third-order valence-electron chi connectivity index (χ3n) is 3.67. The molecule has 0 aliphatic rings. The van der Waals surface area contributed by atoms with E-state index in [4.69, 9.17) is 4.74 Å². The first-order chi connectivity index (χ1) is 11.7. The number of carbonyl (C=O) groups excluding carboxylic acids is 1. The number of methoxy groups -OCH3 is 1. The summed E-state index contributed by atoms with van der Waals surface area (Å²) in [5.41, 5.74) is 2.69. The summed E-state index contributed by atoms with van der Waals surface area (Å²) >= 11 is 1.42. The molecule has 0 aliphatic heterocycles. The average molecular weight is 338 g/mol. The number of hydrogen-bond donors (Lipinski definition) is 1. The fourth-order valence-corrected chi connectivity index (χ4v) is 3.20. The van der Waals surface area contributed by atoms with Crippen LogP contribution in [0.25, 0.3) is 11.3 Å². The predicted octanol–water partition coefficient (Wildman–Crippen LogP) is 4.45. The van der Waals surface area contributed by atoms with Crippen LogP contribution in [-0.4, -0.2) is 28.1 Å². The molecule has 1 heterocycles. The van der Waals surface area contributed by atoms with E-state index in [1.165, 1.54) is 11.8 Å². The fourth-order valence-electron chi connectivity index (χ4n) is 2.34. The molecule has 3 rings (SSSR count). The Morgan fingerprint density at radius 1 is 1.12 bits per heavy atom. The number of ether oxygens (including phenoxy) is 1. The molecule has 0 spiro atoms. The molecule has 0 fully saturated rings. The van der Waals surface area contributed by atoms with Gasteiger partial charge in [0.2, 0.25) is 0 Å². The maximum Gasteiger partial charge on any atom is 0.175 e. The minimum absolute atomic E-state index is 0.0697. The summed E-state index contributed by atoms with van der Waals surface area (Å²) in [5, 5.41) is 0.511. The SMILES string of the molecule is COc1ccc(C(=O)C(C)Sc2ncc(-c3ccccc3)[nH]2)cc1. The van der Waals surface area contributed by atoms with Gasteiger partial charge in [0.25, 0.3) is 0 Å². The molecule has 0 saturated carbocycles. The highest BCUT2D eigenvalue weighted by atomic mass is 32.2. The van der Waals surface area contributed by atoms with Gasteiger partial charge >= 0.3 is 0 Å². The molecular formula is C19H18N2O2S. The largest absolute Gasteiger partial charge is 0.497 e. The Kier molecular flexibility index (Phi) is 5.01. The zero-order valence-electron chi connectivity index (χ0n) is 13.5. The lowest BCUT2D eigenvalue weighted by Crippen LogP contribution is -2.13. The van der Waals surface area contributed by atoms with E-state index in [-0.39, 0.29) is 11.0 Å². The van der Waals surface area contributed by atoms with Crippen molar-refractivity contribution in [3.63, 3.8) is 0 Å². The standard InChI is InChI=1S/C19H18N2O2S/c1-13(18(22)15-8-10-16(23-2)11-9-15)24-19-20-12-17(21-19)14-6-4-3-5-7-14/h3-13H,1-2H3,(H,20,21). The molecule has 0 radical (unpaired) electrons. The van der Waals surface area contributed by atoms with E-state index >= 15 is 0 Å². The second kappa shape index (κ2) is 7.36. The Balaban J connectivity index is 1.69. The number of ketones is 1. The number of H-pyrrole nitrogens is 1. The van der Waals surface area contributed by atoms with E-state index in [0.29, 0.717) is 5.56 Å². The monoisotopic (exact) mass is 338 g/mol. The van der Waals surface area contributed by atoms with Crippen molar-refractivity contribution in [2.24, 2.45) is 0 Å². The van der Waals surface area contributed by atoms with Gasteiger partial charge in [-0.25, -0.2) is 4.98 Å². The summed E-state index contributed by atoms with van der Waals surface area (Å²) in [5.74, 6) is 0.811. The fraction of sp³-hybridized carbons (Fsp3) is 0.158. The summed E-state index contributed by atoms with van der Waals surface area (Å²) < 4.78 is 5.12. The Hall–Kier alpha value is -2.53. The number of imidazole rings is 1. The lowest BCUT2D eigenvalue weighted by molar-refractivity contribution is 0.0994. The number of aromatic nitrogens is 2. The van der Waals surface area contributed by atoms with Gasteiger partial charge in [0.05, 0.1) is 24.3 Å². The van der Waals surface area contributed by atoms with E-state index in [1.807, 2.05) is 37.3 Å². The van der Waals surface area contributed by atoms with Crippen molar-refractivity contribution >= 4 is 17.5 Å². The second-order valence-electron chi connectivity index (χ2n) is 5.32. The third-order valence-corrected chi connectivity index (χ3v) is 4.67. The molecular weight excluding hydrogens is 320 g/mol. The highest BCUT2D eigenvalue weighted by Gasteiger charge is 2.18. The molecule has 1 atom stereocenters. The van der Waals surface area contributed by atoms with Gasteiger partial charge in [-0.1, -0.05) is 42.1 Å². The Bertz CT molecular complexity index is 813. The lowest BCUT2D eigenvalue weighted by atomic mass is 10.1. The van der Waals surface area contributed by atoms with Crippen LogP contribution in [0.5, 0.6) is 5.75 Å². The lowest BCUT2D eigenvalue weighted by Gasteiger charge is -2.09. The number of nitrogens with one attached hydrogen (secondary N) is 1. The van der Waals surface area contributed by atoms with E-state index < -0.39 is 0 Å². The Morgan fingerprint density at radius 3 is 2.50 bits per heavy atom. The predicted molar refractivity (Wildman–Crippen MR) is 96.7 cm³/mol. The average Bonchev–Trinajstić information content (AvgIpc) is 3.10. The van der Waals surface area contributed by atoms with E-state index in [9.17, 15) is 4.79 Å². The van der Waals surface area contributed by atoms with Crippen molar-refractivity contribution < 1.29 is 9.53 Å². The summed E-state index contributed by atoms with van der Waals surface area (Å²) in [7, 11) is 1.61. The number of rotatable bonds is 6. The summed E-state index contributed by atoms with van der Waals surface area (Å²) in [6.45, 7) is 1.89. The van der Waals surface area contributed by atoms with Gasteiger partial charge in [-0.3, -0.25) is 4.79 Å². The number of carbonyl (C=O) groups is 1. The minimum atomic E-state index is -0.229. The molecule has 1 aromatic heterocycles. The van der Waals surface area contributed by atoms with Gasteiger partial charge in [-0.2, -0.15) is 0 Å². The van der Waals surface area contributed by atoms with E-state index in [2.05, 4.69) is 9.97 Å². The van der Waals surface area contributed by atoms with Crippen LogP contribution in [0.4, 0.5) is 0 Å². The molecule has 3 aromatic rings. The van der Waals surface area contributed by atoms with Crippen LogP contribution in [0, 0.1) is 0 Å². The quantitative estimate of drug-likeness (QED) is 0.533. The van der Waals surface area contributed by atoms with Crippen LogP contribution < -0.4 is 4.74 Å². The Morgan fingerprint density at radius 2 is 1.83 bits per heavy atom. The zero-order chi connectivity index (χ0) is 16.9. The molecule has 122 valence electrons. The highest BCUT2D eigenvalue weighted by molar-refractivity contribution is 8.00. The summed E-state index contributed by atoms with van der Waals surface area (Å²) in [4.78, 5) is 20.2. The van der Waals surface area contributed by atoms with Crippen LogP contribution in [0.3, 0.4) is 0 Å². The minimum Gasteiger partial charge on any atom is -0.497 e. The van der Waals surface area contributed by atoms with Gasteiger partial charge < -0.3 is 9.72 Å². The smallest absolute Gasteiger partial charge is 0.175 e. The highest BCUT2D eigenvalue weighted by Crippen LogP contribution is 2.26. The van der Waals surface area contributed by atoms with Crippen molar-refractivity contribution in [3.05, 3.63) is 66.4 Å². The van der Waals surface area contributed by atoms with E-state index in [0.717, 1.165) is 22.2 Å². The molecule has 0 amide bonds. The first kappa shape index (κ1) is 16.3. The topological polar surface area (TPSA) is 55.0 Å². The van der Waals surface area contributed by atoms with Crippen LogP contribution in [0.15, 0.2) is 66.0 Å². The second-order valence-corrected chi connectivity index (χ2v) is 6.65. The molecule has 4 nitrogen and oxygen atoms in total. The van der Waals surface area contributed by atoms with Crippen molar-refractivity contribution in [1.29, 1.82) is 0 Å². The number of aromatic amines is 1. The molecule has 0 saturated heterocycles. The number of hydrogen-bond acceptors (Lipinski definition) is 4. The normalized spacial score (nSPS) is 11.9. The van der Waals surface area contributed by atoms with Crippen molar-refractivity contribution in [3.8, 4) is 17.0 Å². The van der Waals surface area contributed by atoms with Crippen molar-refractivity contribution in [2.75, 3.05) is 7.11 Å². The zero-order valence-corrected chi connectivity index (χ0v) is 14.3. The van der Waals surface area contributed by atoms with Crippen molar-refractivity contribution in [1.82, 2.24) is 9.97 Å². The van der Waals surface area contributed by atoms with Gasteiger partial charge in [0, 0.05) is 5.56 Å². The number of Topliss-reactive ketones (excluding diaryl/α,β-unsaturated/α-hetero) is 1. The maximum atomic E-state index is 12.5. The number of thioether (sulfide) groups is 1. The first-order valence-corrected chi connectivity index (χ1v) is 8.50. The third kappa shape index (κ3) is 3.68. The molecule has 2 aromatic carbocycles. The van der Waals surface area contributed by atoms with E-state index in [1.54, 1.807) is 37.6 Å². The molecule has 1 unspecified atom stereocenters.